The summed E-state index contributed by atoms with van der Waals surface area (Å²) in [6.07, 6.45) is 8.28. The zero-order chi connectivity index (χ0) is 9.97. The highest BCUT2D eigenvalue weighted by atomic mass is 15.1. The normalized spacial score (nSPS) is 23.6. The summed E-state index contributed by atoms with van der Waals surface area (Å²) in [5.74, 6) is 0. The van der Waals surface area contributed by atoms with Gasteiger partial charge in [-0.25, -0.2) is 4.98 Å². The number of nitrogens with zero attached hydrogens (tertiary/aromatic N) is 2. The Morgan fingerprint density at radius 3 is 3.29 bits per heavy atom. The molecule has 1 aromatic rings. The van der Waals surface area contributed by atoms with E-state index in [4.69, 9.17) is 0 Å². The molecule has 1 N–H and O–H groups in total. The molecule has 2 heterocycles. The number of aromatic nitrogens is 2. The van der Waals surface area contributed by atoms with Crippen molar-refractivity contribution in [3.05, 3.63) is 30.9 Å². The molecule has 1 saturated heterocycles. The van der Waals surface area contributed by atoms with E-state index in [9.17, 15) is 0 Å². The molecule has 1 aliphatic rings. The Balaban J connectivity index is 2.24. The van der Waals surface area contributed by atoms with E-state index in [1.807, 2.05) is 18.6 Å². The zero-order valence-corrected chi connectivity index (χ0v) is 8.61. The van der Waals surface area contributed by atoms with Crippen molar-refractivity contribution >= 4 is 0 Å². The third-order valence-corrected chi connectivity index (χ3v) is 2.89. The van der Waals surface area contributed by atoms with Crippen molar-refractivity contribution in [3.63, 3.8) is 0 Å². The number of hydrogen-bond donors (Lipinski definition) is 1. The third-order valence-electron chi connectivity index (χ3n) is 2.89. The molecule has 1 unspecified atom stereocenters. The highest BCUT2D eigenvalue weighted by Gasteiger charge is 2.20. The van der Waals surface area contributed by atoms with Crippen molar-refractivity contribution in [1.82, 2.24) is 14.9 Å². The fourth-order valence-electron chi connectivity index (χ4n) is 1.98. The van der Waals surface area contributed by atoms with Gasteiger partial charge in [-0.15, -0.1) is 6.58 Å². The molecule has 0 amide bonds. The topological polar surface area (TPSA) is 29.9 Å². The highest BCUT2D eigenvalue weighted by molar-refractivity contribution is 5.09. The first-order valence-electron chi connectivity index (χ1n) is 5.20. The van der Waals surface area contributed by atoms with Crippen LogP contribution < -0.4 is 5.32 Å². The fourth-order valence-corrected chi connectivity index (χ4v) is 1.98. The van der Waals surface area contributed by atoms with Crippen LogP contribution in [0.3, 0.4) is 0 Å². The van der Waals surface area contributed by atoms with Crippen LogP contribution in [0.2, 0.25) is 0 Å². The van der Waals surface area contributed by atoms with E-state index in [0.717, 1.165) is 6.54 Å². The molecular weight excluding hydrogens is 174 g/mol. The average molecular weight is 191 g/mol. The molecule has 0 radical (unpaired) electrons. The molecule has 3 nitrogen and oxygen atoms in total. The summed E-state index contributed by atoms with van der Waals surface area (Å²) in [7, 11) is 0. The molecule has 76 valence electrons. The predicted octanol–water partition coefficient (Wildman–Crippen LogP) is 2.05. The Bertz CT molecular complexity index is 310. The maximum Gasteiger partial charge on any atom is 0.0954 e. The number of imidazole rings is 1. The monoisotopic (exact) mass is 191 g/mol. The highest BCUT2D eigenvalue weighted by Crippen LogP contribution is 2.24. The quantitative estimate of drug-likeness (QED) is 0.741. The van der Waals surface area contributed by atoms with Crippen molar-refractivity contribution in [2.45, 2.75) is 31.8 Å². The molecule has 2 atom stereocenters. The van der Waals surface area contributed by atoms with Crippen molar-refractivity contribution in [2.75, 3.05) is 6.54 Å². The lowest BCUT2D eigenvalue weighted by atomic mass is 10.1. The van der Waals surface area contributed by atoms with Gasteiger partial charge in [-0.3, -0.25) is 0 Å². The lowest BCUT2D eigenvalue weighted by Crippen LogP contribution is -2.17. The third kappa shape index (κ3) is 1.60. The van der Waals surface area contributed by atoms with Crippen LogP contribution in [0.5, 0.6) is 0 Å². The van der Waals surface area contributed by atoms with Crippen LogP contribution >= 0.6 is 0 Å². The molecular formula is C11H17N3. The Morgan fingerprint density at radius 1 is 1.79 bits per heavy atom. The molecule has 1 aromatic heterocycles. The first-order chi connectivity index (χ1) is 6.83. The smallest absolute Gasteiger partial charge is 0.0954 e. The Labute approximate surface area is 84.8 Å². The molecule has 0 bridgehead atoms. The SMILES string of the molecule is C=CC(C)n1cncc1[C@@H]1CCCN1. The summed E-state index contributed by atoms with van der Waals surface area (Å²) < 4.78 is 2.19. The van der Waals surface area contributed by atoms with E-state index >= 15 is 0 Å². The van der Waals surface area contributed by atoms with Crippen molar-refractivity contribution in [2.24, 2.45) is 0 Å². The molecule has 0 aromatic carbocycles. The van der Waals surface area contributed by atoms with E-state index in [0.29, 0.717) is 12.1 Å². The summed E-state index contributed by atoms with van der Waals surface area (Å²) in [6, 6.07) is 0.815. The largest absolute Gasteiger partial charge is 0.326 e. The second-order valence-electron chi connectivity index (χ2n) is 3.85. The lowest BCUT2D eigenvalue weighted by molar-refractivity contribution is 0.547. The Hall–Kier alpha value is -1.09. The van der Waals surface area contributed by atoms with Gasteiger partial charge in [0, 0.05) is 18.3 Å². The van der Waals surface area contributed by atoms with Crippen molar-refractivity contribution < 1.29 is 0 Å². The van der Waals surface area contributed by atoms with Gasteiger partial charge in [-0.1, -0.05) is 6.08 Å². The number of hydrogen-bond acceptors (Lipinski definition) is 2. The van der Waals surface area contributed by atoms with E-state index < -0.39 is 0 Å². The Morgan fingerprint density at radius 2 is 2.64 bits per heavy atom. The van der Waals surface area contributed by atoms with Gasteiger partial charge in [0.2, 0.25) is 0 Å². The van der Waals surface area contributed by atoms with E-state index in [2.05, 4.69) is 28.4 Å². The summed E-state index contributed by atoms with van der Waals surface area (Å²) >= 11 is 0. The molecule has 2 rings (SSSR count). The van der Waals surface area contributed by atoms with Crippen LogP contribution in [-0.2, 0) is 0 Å². The van der Waals surface area contributed by atoms with E-state index in [1.165, 1.54) is 18.5 Å². The molecule has 3 heteroatoms. The van der Waals surface area contributed by atoms with Crippen LogP contribution in [0.25, 0.3) is 0 Å². The summed E-state index contributed by atoms with van der Waals surface area (Å²) in [6.45, 7) is 7.07. The minimum atomic E-state index is 0.329. The van der Waals surface area contributed by atoms with Crippen LogP contribution in [-0.4, -0.2) is 16.1 Å². The van der Waals surface area contributed by atoms with Crippen molar-refractivity contribution in [3.8, 4) is 0 Å². The van der Waals surface area contributed by atoms with Gasteiger partial charge in [-0.05, 0) is 26.3 Å². The number of nitrogens with one attached hydrogen (secondary N) is 1. The first kappa shape index (κ1) is 9.46. The van der Waals surface area contributed by atoms with Gasteiger partial charge in [0.05, 0.1) is 12.0 Å². The molecule has 14 heavy (non-hydrogen) atoms. The van der Waals surface area contributed by atoms with Crippen molar-refractivity contribution in [1.29, 1.82) is 0 Å². The Kier molecular flexibility index (Phi) is 2.68. The van der Waals surface area contributed by atoms with Crippen LogP contribution in [0.15, 0.2) is 25.2 Å². The lowest BCUT2D eigenvalue weighted by Gasteiger charge is -2.16. The van der Waals surface area contributed by atoms with Gasteiger partial charge in [0.25, 0.3) is 0 Å². The number of rotatable bonds is 3. The van der Waals surface area contributed by atoms with E-state index in [-0.39, 0.29) is 0 Å². The van der Waals surface area contributed by atoms with Gasteiger partial charge in [-0.2, -0.15) is 0 Å². The summed E-state index contributed by atoms with van der Waals surface area (Å²) in [5.41, 5.74) is 1.29. The maximum absolute atomic E-state index is 4.21. The minimum Gasteiger partial charge on any atom is -0.326 e. The standard InChI is InChI=1S/C11H17N3/c1-3-9(2)14-8-12-7-11(14)10-5-4-6-13-10/h3,7-10,13H,1,4-6H2,2H3/t9?,10-/m0/s1. The van der Waals surface area contributed by atoms with Gasteiger partial charge in [0.15, 0.2) is 0 Å². The van der Waals surface area contributed by atoms with E-state index in [1.54, 1.807) is 0 Å². The first-order valence-corrected chi connectivity index (χ1v) is 5.20. The minimum absolute atomic E-state index is 0.329. The average Bonchev–Trinajstić information content (AvgIpc) is 2.85. The van der Waals surface area contributed by atoms with Gasteiger partial charge < -0.3 is 9.88 Å². The predicted molar refractivity (Wildman–Crippen MR) is 57.1 cm³/mol. The van der Waals surface area contributed by atoms with Gasteiger partial charge >= 0.3 is 0 Å². The summed E-state index contributed by atoms with van der Waals surface area (Å²) in [5, 5.41) is 3.48. The van der Waals surface area contributed by atoms with Crippen LogP contribution in [0.4, 0.5) is 0 Å². The fraction of sp³-hybridized carbons (Fsp3) is 0.545. The molecule has 0 spiro atoms. The molecule has 0 aliphatic carbocycles. The molecule has 1 fully saturated rings. The molecule has 1 aliphatic heterocycles. The zero-order valence-electron chi connectivity index (χ0n) is 8.61. The molecule has 0 saturated carbocycles. The van der Waals surface area contributed by atoms with Crippen LogP contribution in [0.1, 0.15) is 37.5 Å². The summed E-state index contributed by atoms with van der Waals surface area (Å²) in [4.78, 5) is 4.21. The number of allylic oxidation sites excluding steroid dienone is 1. The van der Waals surface area contributed by atoms with Crippen LogP contribution in [0, 0.1) is 0 Å². The second-order valence-corrected chi connectivity index (χ2v) is 3.85. The second kappa shape index (κ2) is 3.96. The van der Waals surface area contributed by atoms with Gasteiger partial charge in [0.1, 0.15) is 0 Å². The maximum atomic E-state index is 4.21.